The summed E-state index contributed by atoms with van der Waals surface area (Å²) in [6.45, 7) is 8.68. The van der Waals surface area contributed by atoms with Gasteiger partial charge in [-0.25, -0.2) is 9.59 Å². The quantitative estimate of drug-likeness (QED) is 0.558. The van der Waals surface area contributed by atoms with Gasteiger partial charge in [0.1, 0.15) is 0 Å². The molecule has 0 spiro atoms. The molecule has 2 unspecified atom stereocenters. The van der Waals surface area contributed by atoms with Crippen LogP contribution in [0.4, 0.5) is 0 Å². The first-order chi connectivity index (χ1) is 7.34. The van der Waals surface area contributed by atoms with Gasteiger partial charge >= 0.3 is 11.9 Å². The maximum atomic E-state index is 11.1. The molecule has 92 valence electrons. The second kappa shape index (κ2) is 7.04. The summed E-state index contributed by atoms with van der Waals surface area (Å²) in [6, 6.07) is 0. The predicted molar refractivity (Wildman–Crippen MR) is 60.9 cm³/mol. The fourth-order valence-corrected chi connectivity index (χ4v) is 1.21. The molecule has 16 heavy (non-hydrogen) atoms. The summed E-state index contributed by atoms with van der Waals surface area (Å²) in [5, 5.41) is 8.31. The average Bonchev–Trinajstić information content (AvgIpc) is 2.21. The number of hydrogen-bond acceptors (Lipinski definition) is 3. The third kappa shape index (κ3) is 6.22. The Morgan fingerprint density at radius 3 is 2.19 bits per heavy atom. The lowest BCUT2D eigenvalue weighted by molar-refractivity contribution is -0.140. The molecule has 4 nitrogen and oxygen atoms in total. The predicted octanol–water partition coefficient (Wildman–Crippen LogP) is 2.10. The van der Waals surface area contributed by atoms with Gasteiger partial charge in [-0.3, -0.25) is 0 Å². The van der Waals surface area contributed by atoms with Gasteiger partial charge in [-0.2, -0.15) is 0 Å². The van der Waals surface area contributed by atoms with E-state index in [1.165, 1.54) is 0 Å². The highest BCUT2D eigenvalue weighted by molar-refractivity contribution is 5.90. The first kappa shape index (κ1) is 14.7. The Labute approximate surface area is 96.3 Å². The third-order valence-corrected chi connectivity index (χ3v) is 2.80. The van der Waals surface area contributed by atoms with Crippen molar-refractivity contribution in [1.82, 2.24) is 0 Å². The zero-order valence-electron chi connectivity index (χ0n) is 10.3. The Morgan fingerprint density at radius 1 is 1.19 bits per heavy atom. The molecular weight excluding hydrogens is 208 g/mol. The number of esters is 1. The molecule has 0 rings (SSSR count). The average molecular weight is 228 g/mol. The Morgan fingerprint density at radius 2 is 1.75 bits per heavy atom. The molecule has 0 saturated heterocycles. The van der Waals surface area contributed by atoms with Gasteiger partial charge in [0.15, 0.2) is 0 Å². The van der Waals surface area contributed by atoms with Gasteiger partial charge in [0, 0.05) is 12.2 Å². The Bertz CT molecular complexity index is 268. The molecule has 0 aromatic rings. The molecule has 0 aromatic heterocycles. The van der Waals surface area contributed by atoms with Gasteiger partial charge < -0.3 is 9.84 Å². The van der Waals surface area contributed by atoms with Crippen molar-refractivity contribution < 1.29 is 19.4 Å². The van der Waals surface area contributed by atoms with Crippen molar-refractivity contribution in [3.63, 3.8) is 0 Å². The van der Waals surface area contributed by atoms with E-state index in [0.717, 1.165) is 12.2 Å². The van der Waals surface area contributed by atoms with Crippen molar-refractivity contribution in [1.29, 1.82) is 0 Å². The maximum Gasteiger partial charge on any atom is 0.331 e. The topological polar surface area (TPSA) is 63.6 Å². The van der Waals surface area contributed by atoms with Crippen LogP contribution in [0.3, 0.4) is 0 Å². The second-order valence-electron chi connectivity index (χ2n) is 4.38. The third-order valence-electron chi connectivity index (χ3n) is 2.80. The minimum atomic E-state index is -1.15. The van der Waals surface area contributed by atoms with Crippen LogP contribution in [-0.4, -0.2) is 23.7 Å². The largest absolute Gasteiger partial charge is 0.478 e. The first-order valence-electron chi connectivity index (χ1n) is 5.42. The summed E-state index contributed by atoms with van der Waals surface area (Å²) < 4.78 is 4.94. The van der Waals surface area contributed by atoms with Gasteiger partial charge in [-0.1, -0.05) is 27.7 Å². The van der Waals surface area contributed by atoms with Crippen molar-refractivity contribution >= 4 is 11.9 Å². The minimum absolute atomic E-state index is 0.266. The monoisotopic (exact) mass is 228 g/mol. The number of carboxylic acids is 1. The van der Waals surface area contributed by atoms with E-state index in [2.05, 4.69) is 20.8 Å². The molecule has 0 aliphatic heterocycles. The number of rotatable bonds is 6. The van der Waals surface area contributed by atoms with Crippen molar-refractivity contribution in [2.45, 2.75) is 27.7 Å². The molecule has 0 radical (unpaired) electrons. The fraction of sp³-hybridized carbons (Fsp3) is 0.667. The van der Waals surface area contributed by atoms with Gasteiger partial charge in [-0.05, 0) is 17.8 Å². The molecule has 0 amide bonds. The lowest BCUT2D eigenvalue weighted by Gasteiger charge is -2.22. The zero-order chi connectivity index (χ0) is 12.7. The smallest absolute Gasteiger partial charge is 0.331 e. The van der Waals surface area contributed by atoms with E-state index in [1.807, 2.05) is 6.92 Å². The first-order valence-corrected chi connectivity index (χ1v) is 5.42. The standard InChI is InChI=1S/C12H20O4/c1-8(2)10(4)9(3)7-16-12(15)6-5-11(13)14/h5-6,8-10H,7H2,1-4H3,(H,13,14)/b6-5-. The van der Waals surface area contributed by atoms with Crippen LogP contribution in [-0.2, 0) is 14.3 Å². The molecule has 4 heteroatoms. The van der Waals surface area contributed by atoms with Gasteiger partial charge in [-0.15, -0.1) is 0 Å². The molecular formula is C12H20O4. The van der Waals surface area contributed by atoms with E-state index in [9.17, 15) is 9.59 Å². The molecule has 0 aliphatic carbocycles. The van der Waals surface area contributed by atoms with Gasteiger partial charge in [0.2, 0.25) is 0 Å². The van der Waals surface area contributed by atoms with E-state index in [4.69, 9.17) is 9.84 Å². The number of carbonyl (C=O) groups is 2. The van der Waals surface area contributed by atoms with Crippen LogP contribution >= 0.6 is 0 Å². The molecule has 0 aliphatic rings. The van der Waals surface area contributed by atoms with Crippen LogP contribution in [0.25, 0.3) is 0 Å². The summed E-state index contributed by atoms with van der Waals surface area (Å²) >= 11 is 0. The van der Waals surface area contributed by atoms with Crippen molar-refractivity contribution in [2.24, 2.45) is 17.8 Å². The minimum Gasteiger partial charge on any atom is -0.478 e. The Hall–Kier alpha value is -1.32. The lowest BCUT2D eigenvalue weighted by atomic mass is 9.87. The summed E-state index contributed by atoms with van der Waals surface area (Å²) in [5.74, 6) is -0.507. The fourth-order valence-electron chi connectivity index (χ4n) is 1.21. The zero-order valence-corrected chi connectivity index (χ0v) is 10.3. The summed E-state index contributed by atoms with van der Waals surface area (Å²) in [5.41, 5.74) is 0. The number of carbonyl (C=O) groups excluding carboxylic acids is 1. The number of hydrogen-bond donors (Lipinski definition) is 1. The van der Waals surface area contributed by atoms with E-state index in [-0.39, 0.29) is 5.92 Å². The highest BCUT2D eigenvalue weighted by Gasteiger charge is 2.16. The summed E-state index contributed by atoms with van der Waals surface area (Å²) in [6.07, 6.45) is 1.70. The van der Waals surface area contributed by atoms with E-state index >= 15 is 0 Å². The number of ether oxygens (including phenoxy) is 1. The molecule has 0 fully saturated rings. The summed E-state index contributed by atoms with van der Waals surface area (Å²) in [7, 11) is 0. The van der Waals surface area contributed by atoms with Crippen LogP contribution in [0, 0.1) is 17.8 Å². The van der Waals surface area contributed by atoms with Gasteiger partial charge in [0.05, 0.1) is 6.61 Å². The second-order valence-corrected chi connectivity index (χ2v) is 4.38. The van der Waals surface area contributed by atoms with Gasteiger partial charge in [0.25, 0.3) is 0 Å². The SMILES string of the molecule is CC(C)C(C)C(C)COC(=O)/C=C\C(=O)O. The highest BCUT2D eigenvalue weighted by atomic mass is 16.5. The van der Waals surface area contributed by atoms with Crippen LogP contribution in [0.5, 0.6) is 0 Å². The molecule has 2 atom stereocenters. The van der Waals surface area contributed by atoms with Crippen LogP contribution < -0.4 is 0 Å². The van der Waals surface area contributed by atoms with E-state index < -0.39 is 11.9 Å². The van der Waals surface area contributed by atoms with Crippen molar-refractivity contribution in [3.05, 3.63) is 12.2 Å². The molecule has 0 heterocycles. The van der Waals surface area contributed by atoms with Crippen LogP contribution in [0.1, 0.15) is 27.7 Å². The van der Waals surface area contributed by atoms with Crippen LogP contribution in [0.2, 0.25) is 0 Å². The van der Waals surface area contributed by atoms with Crippen LogP contribution in [0.15, 0.2) is 12.2 Å². The normalized spacial score (nSPS) is 15.1. The molecule has 0 saturated carbocycles. The summed E-state index contributed by atoms with van der Waals surface area (Å²) in [4.78, 5) is 21.2. The van der Waals surface area contributed by atoms with E-state index in [0.29, 0.717) is 18.4 Å². The Kier molecular flexibility index (Phi) is 6.46. The number of aliphatic carboxylic acids is 1. The van der Waals surface area contributed by atoms with Crippen molar-refractivity contribution in [3.8, 4) is 0 Å². The number of carboxylic acid groups (broad SMARTS) is 1. The Balaban J connectivity index is 3.97. The molecule has 1 N–H and O–H groups in total. The maximum absolute atomic E-state index is 11.1. The lowest BCUT2D eigenvalue weighted by Crippen LogP contribution is -2.20. The molecule has 0 bridgehead atoms. The van der Waals surface area contributed by atoms with Crippen molar-refractivity contribution in [2.75, 3.05) is 6.61 Å². The highest BCUT2D eigenvalue weighted by Crippen LogP contribution is 2.20. The van der Waals surface area contributed by atoms with E-state index in [1.54, 1.807) is 0 Å². The molecule has 0 aromatic carbocycles.